The van der Waals surface area contributed by atoms with Gasteiger partial charge in [0.2, 0.25) is 0 Å². The number of carbonyl (C=O) groups excluding carboxylic acids is 1. The molecule has 2 unspecified atom stereocenters. The molecule has 0 saturated carbocycles. The van der Waals surface area contributed by atoms with E-state index in [1.165, 1.54) is 0 Å². The zero-order valence-electron chi connectivity index (χ0n) is 14.1. The molecule has 2 rings (SSSR count). The Hall–Kier alpha value is -2.04. The lowest BCUT2D eigenvalue weighted by atomic mass is 9.94. The summed E-state index contributed by atoms with van der Waals surface area (Å²) in [6, 6.07) is 7.86. The smallest absolute Gasteiger partial charge is 0.317 e. The molecule has 0 spiro atoms. The zero-order valence-corrected chi connectivity index (χ0v) is 14.1. The lowest BCUT2D eigenvalue weighted by Gasteiger charge is -2.26. The van der Waals surface area contributed by atoms with Crippen LogP contribution in [0, 0.1) is 18.8 Å². The molecular weight excluding hydrogens is 292 g/mol. The number of hydrogen-bond donors (Lipinski definition) is 2. The quantitative estimate of drug-likeness (QED) is 0.876. The highest BCUT2D eigenvalue weighted by molar-refractivity contribution is 5.77. The minimum Gasteiger partial charge on any atom is -0.481 e. The fraction of sp³-hybridized carbons (Fsp3) is 0.556. The normalized spacial score (nSPS) is 19.0. The molecule has 2 N–H and O–H groups in total. The van der Waals surface area contributed by atoms with Gasteiger partial charge in [-0.2, -0.15) is 0 Å². The summed E-state index contributed by atoms with van der Waals surface area (Å²) in [6.07, 6.45) is 1.38. The van der Waals surface area contributed by atoms with E-state index in [1.54, 1.807) is 4.90 Å². The van der Waals surface area contributed by atoms with Gasteiger partial charge < -0.3 is 15.3 Å². The fourth-order valence-electron chi connectivity index (χ4n) is 3.10. The number of benzene rings is 1. The van der Waals surface area contributed by atoms with Crippen molar-refractivity contribution in [2.45, 2.75) is 39.7 Å². The Morgan fingerprint density at radius 3 is 2.61 bits per heavy atom. The van der Waals surface area contributed by atoms with Gasteiger partial charge >= 0.3 is 12.0 Å². The van der Waals surface area contributed by atoms with E-state index >= 15 is 0 Å². The van der Waals surface area contributed by atoms with E-state index in [1.807, 2.05) is 31.2 Å². The van der Waals surface area contributed by atoms with Crippen LogP contribution in [0.3, 0.4) is 0 Å². The fourth-order valence-corrected chi connectivity index (χ4v) is 3.10. The summed E-state index contributed by atoms with van der Waals surface area (Å²) in [4.78, 5) is 25.2. The molecule has 2 amide bonds. The summed E-state index contributed by atoms with van der Waals surface area (Å²) in [5.41, 5.74) is 2.28. The number of hydrogen-bond acceptors (Lipinski definition) is 2. The zero-order chi connectivity index (χ0) is 17.0. The highest BCUT2D eigenvalue weighted by Crippen LogP contribution is 2.25. The number of likely N-dealkylation sites (tertiary alicyclic amines) is 1. The van der Waals surface area contributed by atoms with E-state index in [2.05, 4.69) is 19.2 Å². The minimum absolute atomic E-state index is 0.0485. The SMILES string of the molecule is Cc1ccccc1C(CC(C)C)NC(=O)N1CCC(C(=O)O)C1. The van der Waals surface area contributed by atoms with Gasteiger partial charge in [-0.25, -0.2) is 4.79 Å². The largest absolute Gasteiger partial charge is 0.481 e. The molecule has 5 heteroatoms. The summed E-state index contributed by atoms with van der Waals surface area (Å²) in [7, 11) is 0. The molecule has 0 bridgehead atoms. The number of carboxylic acid groups (broad SMARTS) is 1. The third kappa shape index (κ3) is 4.47. The van der Waals surface area contributed by atoms with Crippen LogP contribution in [0.1, 0.15) is 43.9 Å². The number of urea groups is 1. The molecule has 2 atom stereocenters. The van der Waals surface area contributed by atoms with Crippen molar-refractivity contribution in [3.05, 3.63) is 35.4 Å². The average Bonchev–Trinajstić information content (AvgIpc) is 2.96. The molecule has 126 valence electrons. The molecule has 1 aromatic rings. The Morgan fingerprint density at radius 2 is 2.04 bits per heavy atom. The van der Waals surface area contributed by atoms with E-state index in [4.69, 9.17) is 5.11 Å². The van der Waals surface area contributed by atoms with Crippen molar-refractivity contribution >= 4 is 12.0 Å². The molecule has 5 nitrogen and oxygen atoms in total. The first-order valence-electron chi connectivity index (χ1n) is 8.22. The molecule has 0 aliphatic carbocycles. The van der Waals surface area contributed by atoms with E-state index in [-0.39, 0.29) is 12.1 Å². The van der Waals surface area contributed by atoms with Crippen LogP contribution in [0.4, 0.5) is 4.79 Å². The average molecular weight is 318 g/mol. The molecule has 1 aromatic carbocycles. The van der Waals surface area contributed by atoms with Crippen LogP contribution in [-0.4, -0.2) is 35.1 Å². The molecular formula is C18H26N2O3. The summed E-state index contributed by atoms with van der Waals surface area (Å²) in [5.74, 6) is -0.814. The second-order valence-electron chi connectivity index (χ2n) is 6.76. The van der Waals surface area contributed by atoms with Crippen LogP contribution in [0.15, 0.2) is 24.3 Å². The van der Waals surface area contributed by atoms with Crippen molar-refractivity contribution in [3.8, 4) is 0 Å². The first kappa shape index (κ1) is 17.3. The second kappa shape index (κ2) is 7.49. The summed E-state index contributed by atoms with van der Waals surface area (Å²) in [6.45, 7) is 7.11. The maximum atomic E-state index is 12.5. The molecule has 1 heterocycles. The van der Waals surface area contributed by atoms with Crippen molar-refractivity contribution in [1.29, 1.82) is 0 Å². The van der Waals surface area contributed by atoms with Gasteiger partial charge in [0.1, 0.15) is 0 Å². The van der Waals surface area contributed by atoms with Crippen molar-refractivity contribution < 1.29 is 14.7 Å². The van der Waals surface area contributed by atoms with Crippen LogP contribution in [-0.2, 0) is 4.79 Å². The predicted molar refractivity (Wildman–Crippen MR) is 89.2 cm³/mol. The molecule has 0 radical (unpaired) electrons. The number of rotatable bonds is 5. The Kier molecular flexibility index (Phi) is 5.64. The van der Waals surface area contributed by atoms with E-state index < -0.39 is 11.9 Å². The Bertz CT molecular complexity index is 571. The van der Waals surface area contributed by atoms with E-state index in [9.17, 15) is 9.59 Å². The van der Waals surface area contributed by atoms with Crippen LogP contribution >= 0.6 is 0 Å². The van der Waals surface area contributed by atoms with Gasteiger partial charge in [-0.3, -0.25) is 4.79 Å². The number of nitrogens with zero attached hydrogens (tertiary/aromatic N) is 1. The first-order chi connectivity index (χ1) is 10.9. The van der Waals surface area contributed by atoms with Crippen LogP contribution < -0.4 is 5.32 Å². The lowest BCUT2D eigenvalue weighted by molar-refractivity contribution is -0.141. The van der Waals surface area contributed by atoms with Gasteiger partial charge in [0.25, 0.3) is 0 Å². The highest BCUT2D eigenvalue weighted by Gasteiger charge is 2.32. The van der Waals surface area contributed by atoms with Gasteiger partial charge in [0, 0.05) is 13.1 Å². The van der Waals surface area contributed by atoms with Crippen LogP contribution in [0.5, 0.6) is 0 Å². The second-order valence-corrected chi connectivity index (χ2v) is 6.76. The minimum atomic E-state index is -0.821. The van der Waals surface area contributed by atoms with Crippen molar-refractivity contribution in [3.63, 3.8) is 0 Å². The summed E-state index contributed by atoms with van der Waals surface area (Å²) in [5, 5.41) is 12.2. The standard InChI is InChI=1S/C18H26N2O3/c1-12(2)10-16(15-7-5-4-6-13(15)3)19-18(23)20-9-8-14(11-20)17(21)22/h4-7,12,14,16H,8-11H2,1-3H3,(H,19,23)(H,21,22). The van der Waals surface area contributed by atoms with Crippen LogP contribution in [0.25, 0.3) is 0 Å². The topological polar surface area (TPSA) is 69.6 Å². The lowest BCUT2D eigenvalue weighted by Crippen LogP contribution is -2.41. The van der Waals surface area contributed by atoms with E-state index in [0.717, 1.165) is 17.5 Å². The van der Waals surface area contributed by atoms with Gasteiger partial charge in [0.05, 0.1) is 12.0 Å². The monoisotopic (exact) mass is 318 g/mol. The van der Waals surface area contributed by atoms with Gasteiger partial charge in [-0.05, 0) is 36.8 Å². The number of nitrogens with one attached hydrogen (secondary N) is 1. The number of amides is 2. The summed E-state index contributed by atoms with van der Waals surface area (Å²) >= 11 is 0. The number of aryl methyl sites for hydroxylation is 1. The van der Waals surface area contributed by atoms with Gasteiger partial charge in [-0.1, -0.05) is 38.1 Å². The molecule has 1 aliphatic heterocycles. The Morgan fingerprint density at radius 1 is 1.35 bits per heavy atom. The maximum absolute atomic E-state index is 12.5. The Labute approximate surface area is 137 Å². The summed E-state index contributed by atoms with van der Waals surface area (Å²) < 4.78 is 0. The van der Waals surface area contributed by atoms with Crippen LogP contribution in [0.2, 0.25) is 0 Å². The van der Waals surface area contributed by atoms with E-state index in [0.29, 0.717) is 25.4 Å². The molecule has 1 fully saturated rings. The molecule has 0 aromatic heterocycles. The molecule has 1 saturated heterocycles. The molecule has 1 aliphatic rings. The number of carbonyl (C=O) groups is 2. The predicted octanol–water partition coefficient (Wildman–Crippen LogP) is 3.20. The first-order valence-corrected chi connectivity index (χ1v) is 8.22. The van der Waals surface area contributed by atoms with Gasteiger partial charge in [0.15, 0.2) is 0 Å². The van der Waals surface area contributed by atoms with Crippen molar-refractivity contribution in [2.75, 3.05) is 13.1 Å². The highest BCUT2D eigenvalue weighted by atomic mass is 16.4. The number of carboxylic acids is 1. The number of aliphatic carboxylic acids is 1. The van der Waals surface area contributed by atoms with Crippen molar-refractivity contribution in [2.24, 2.45) is 11.8 Å². The van der Waals surface area contributed by atoms with Crippen molar-refractivity contribution in [1.82, 2.24) is 10.2 Å². The molecule has 23 heavy (non-hydrogen) atoms. The third-order valence-corrected chi connectivity index (χ3v) is 4.39. The van der Waals surface area contributed by atoms with Gasteiger partial charge in [-0.15, -0.1) is 0 Å². The third-order valence-electron chi connectivity index (χ3n) is 4.39. The Balaban J connectivity index is 2.08. The maximum Gasteiger partial charge on any atom is 0.317 e.